The number of aliphatic hydroxyl groups excluding tert-OH is 1. The fourth-order valence-electron chi connectivity index (χ4n) is 3.11. The largest absolute Gasteiger partial charge is 0.469 e. The van der Waals surface area contributed by atoms with Crippen molar-refractivity contribution in [3.05, 3.63) is 53.1 Å². The number of carbonyl (C=O) groups is 1. The van der Waals surface area contributed by atoms with E-state index < -0.39 is 6.23 Å². The number of nitrogens with zero attached hydrogens (tertiary/aromatic N) is 2. The first kappa shape index (κ1) is 18.2. The van der Waals surface area contributed by atoms with E-state index in [0.717, 1.165) is 16.8 Å². The molecule has 26 heavy (non-hydrogen) atoms. The van der Waals surface area contributed by atoms with E-state index in [9.17, 15) is 15.1 Å². The van der Waals surface area contributed by atoms with Crippen molar-refractivity contribution in [1.82, 2.24) is 0 Å². The first-order valence-corrected chi connectivity index (χ1v) is 8.57. The van der Waals surface area contributed by atoms with Gasteiger partial charge in [0.1, 0.15) is 5.71 Å². The average Bonchev–Trinajstić information content (AvgIpc) is 2.92. The zero-order valence-corrected chi connectivity index (χ0v) is 15.0. The summed E-state index contributed by atoms with van der Waals surface area (Å²) in [5, 5.41) is 23.7. The van der Waals surface area contributed by atoms with Crippen molar-refractivity contribution < 1.29 is 19.8 Å². The number of oxime groups is 1. The first-order chi connectivity index (χ1) is 12.6. The molecule has 0 bridgehead atoms. The summed E-state index contributed by atoms with van der Waals surface area (Å²) in [6, 6.07) is 13.1. The Morgan fingerprint density at radius 1 is 1.27 bits per heavy atom. The Hall–Kier alpha value is -2.57. The van der Waals surface area contributed by atoms with E-state index in [0.29, 0.717) is 23.6 Å². The highest BCUT2D eigenvalue weighted by molar-refractivity contribution is 6.33. The molecule has 0 amide bonds. The number of benzene rings is 2. The van der Waals surface area contributed by atoms with Gasteiger partial charge in [-0.05, 0) is 24.1 Å². The van der Waals surface area contributed by atoms with Crippen LogP contribution < -0.4 is 4.90 Å². The summed E-state index contributed by atoms with van der Waals surface area (Å²) in [4.78, 5) is 13.0. The van der Waals surface area contributed by atoms with Gasteiger partial charge in [-0.1, -0.05) is 47.1 Å². The molecule has 1 atom stereocenters. The molecule has 6 nitrogen and oxygen atoms in total. The molecule has 1 aliphatic heterocycles. The fourth-order valence-corrected chi connectivity index (χ4v) is 3.36. The normalized spacial score (nSPS) is 17.4. The molecular weight excluding hydrogens is 356 g/mol. The highest BCUT2D eigenvalue weighted by Gasteiger charge is 2.34. The molecule has 0 aliphatic carbocycles. The van der Waals surface area contributed by atoms with Crippen LogP contribution in [0.25, 0.3) is 11.1 Å². The highest BCUT2D eigenvalue weighted by Crippen LogP contribution is 2.37. The summed E-state index contributed by atoms with van der Waals surface area (Å²) in [7, 11) is 1.34. The third-order valence-corrected chi connectivity index (χ3v) is 4.75. The lowest BCUT2D eigenvalue weighted by atomic mass is 10.0. The van der Waals surface area contributed by atoms with Gasteiger partial charge < -0.3 is 20.0 Å². The molecule has 1 aliphatic rings. The molecule has 136 valence electrons. The molecule has 3 rings (SSSR count). The lowest BCUT2D eigenvalue weighted by Gasteiger charge is -2.23. The van der Waals surface area contributed by atoms with Gasteiger partial charge in [0.15, 0.2) is 6.23 Å². The number of carbonyl (C=O) groups excluding carboxylic acids is 1. The lowest BCUT2D eigenvalue weighted by Crippen LogP contribution is -2.36. The molecule has 0 spiro atoms. The maximum Gasteiger partial charge on any atom is 0.305 e. The average molecular weight is 375 g/mol. The van der Waals surface area contributed by atoms with Crippen LogP contribution in [-0.4, -0.2) is 41.9 Å². The standard InChI is InChI=1S/C19H19ClN2O4/c1-26-17(23)7-4-10-22-16-11-12(13-5-2-3-6-15(13)20)8-9-14(16)18(21-25)19(22)24/h2-3,5-6,8-9,11,19,24-25H,4,7,10H2,1H3/b21-18-. The number of fused-ring (bicyclic) bond motifs is 1. The Labute approximate surface area is 156 Å². The molecule has 0 saturated carbocycles. The van der Waals surface area contributed by atoms with Gasteiger partial charge in [0.2, 0.25) is 0 Å². The van der Waals surface area contributed by atoms with Crippen molar-refractivity contribution in [3.63, 3.8) is 0 Å². The minimum atomic E-state index is -1.07. The fraction of sp³-hybridized carbons (Fsp3) is 0.263. The monoisotopic (exact) mass is 374 g/mol. The van der Waals surface area contributed by atoms with Crippen LogP contribution in [0.2, 0.25) is 5.02 Å². The van der Waals surface area contributed by atoms with Gasteiger partial charge in [0, 0.05) is 34.8 Å². The SMILES string of the molecule is COC(=O)CCCN1c2cc(-c3ccccc3Cl)ccc2/C(=N/O)C1O. The summed E-state index contributed by atoms with van der Waals surface area (Å²) >= 11 is 6.29. The molecule has 2 N–H and O–H groups in total. The second kappa shape index (κ2) is 7.76. The van der Waals surface area contributed by atoms with Gasteiger partial charge in [0.05, 0.1) is 7.11 Å². The third-order valence-electron chi connectivity index (χ3n) is 4.42. The molecule has 0 fully saturated rings. The zero-order valence-electron chi connectivity index (χ0n) is 14.2. The van der Waals surface area contributed by atoms with Crippen molar-refractivity contribution in [2.45, 2.75) is 19.1 Å². The van der Waals surface area contributed by atoms with E-state index in [-0.39, 0.29) is 18.1 Å². The summed E-state index contributed by atoms with van der Waals surface area (Å²) in [5.41, 5.74) is 3.32. The quantitative estimate of drug-likeness (QED) is 0.477. The minimum absolute atomic E-state index is 0.184. The van der Waals surface area contributed by atoms with Crippen LogP contribution in [0.4, 0.5) is 5.69 Å². The van der Waals surface area contributed by atoms with Gasteiger partial charge in [-0.2, -0.15) is 0 Å². The summed E-state index contributed by atoms with van der Waals surface area (Å²) < 4.78 is 4.65. The maximum atomic E-state index is 11.3. The third kappa shape index (κ3) is 3.38. The Balaban J connectivity index is 1.94. The van der Waals surface area contributed by atoms with E-state index >= 15 is 0 Å². The maximum absolute atomic E-state index is 11.3. The van der Waals surface area contributed by atoms with Crippen LogP contribution in [0, 0.1) is 0 Å². The van der Waals surface area contributed by atoms with Gasteiger partial charge in [-0.25, -0.2) is 0 Å². The van der Waals surface area contributed by atoms with Crippen molar-refractivity contribution in [3.8, 4) is 11.1 Å². The lowest BCUT2D eigenvalue weighted by molar-refractivity contribution is -0.140. The molecule has 0 saturated heterocycles. The Morgan fingerprint density at radius 3 is 2.73 bits per heavy atom. The first-order valence-electron chi connectivity index (χ1n) is 8.19. The van der Waals surface area contributed by atoms with Crippen molar-refractivity contribution >= 4 is 29.0 Å². The number of aliphatic hydroxyl groups is 1. The van der Waals surface area contributed by atoms with Crippen molar-refractivity contribution in [2.75, 3.05) is 18.6 Å². The van der Waals surface area contributed by atoms with Crippen LogP contribution in [0.15, 0.2) is 47.6 Å². The molecular formula is C19H19ClN2O4. The molecule has 1 unspecified atom stereocenters. The summed E-state index contributed by atoms with van der Waals surface area (Å²) in [6.07, 6.45) is -0.336. The molecule has 0 radical (unpaired) electrons. The molecule has 1 heterocycles. The number of halogens is 1. The second-order valence-corrected chi connectivity index (χ2v) is 6.35. The minimum Gasteiger partial charge on any atom is -0.469 e. The second-order valence-electron chi connectivity index (χ2n) is 5.94. The van der Waals surface area contributed by atoms with Crippen LogP contribution in [0.1, 0.15) is 18.4 Å². The Bertz CT molecular complexity index is 853. The zero-order chi connectivity index (χ0) is 18.7. The van der Waals surface area contributed by atoms with Gasteiger partial charge in [-0.3, -0.25) is 4.79 Å². The van der Waals surface area contributed by atoms with E-state index in [1.165, 1.54) is 7.11 Å². The number of anilines is 1. The number of rotatable bonds is 5. The highest BCUT2D eigenvalue weighted by atomic mass is 35.5. The molecule has 2 aromatic rings. The van der Waals surface area contributed by atoms with Gasteiger partial charge >= 0.3 is 5.97 Å². The van der Waals surface area contributed by atoms with Crippen molar-refractivity contribution in [2.24, 2.45) is 5.16 Å². The topological polar surface area (TPSA) is 82.4 Å². The predicted molar refractivity (Wildman–Crippen MR) is 99.8 cm³/mol. The number of hydrogen-bond donors (Lipinski definition) is 2. The van der Waals surface area contributed by atoms with E-state index in [1.54, 1.807) is 11.0 Å². The van der Waals surface area contributed by atoms with E-state index in [2.05, 4.69) is 9.89 Å². The van der Waals surface area contributed by atoms with Crippen LogP contribution in [-0.2, 0) is 9.53 Å². The Morgan fingerprint density at radius 2 is 2.04 bits per heavy atom. The predicted octanol–water partition coefficient (Wildman–Crippen LogP) is 3.28. The number of hydrogen-bond acceptors (Lipinski definition) is 6. The number of methoxy groups -OCH3 is 1. The smallest absolute Gasteiger partial charge is 0.305 e. The van der Waals surface area contributed by atoms with E-state index in [1.807, 2.05) is 36.4 Å². The van der Waals surface area contributed by atoms with E-state index in [4.69, 9.17) is 11.6 Å². The van der Waals surface area contributed by atoms with Gasteiger partial charge in [0.25, 0.3) is 0 Å². The number of ether oxygens (including phenoxy) is 1. The van der Waals surface area contributed by atoms with Crippen LogP contribution in [0.5, 0.6) is 0 Å². The Kier molecular flexibility index (Phi) is 5.44. The van der Waals surface area contributed by atoms with Crippen LogP contribution in [0.3, 0.4) is 0 Å². The van der Waals surface area contributed by atoms with Gasteiger partial charge in [-0.15, -0.1) is 0 Å². The van der Waals surface area contributed by atoms with Crippen molar-refractivity contribution in [1.29, 1.82) is 0 Å². The van der Waals surface area contributed by atoms with Crippen LogP contribution >= 0.6 is 11.6 Å². The number of esters is 1. The molecule has 2 aromatic carbocycles. The molecule has 7 heteroatoms. The molecule has 0 aromatic heterocycles. The summed E-state index contributed by atoms with van der Waals surface area (Å²) in [5.74, 6) is -0.306. The summed E-state index contributed by atoms with van der Waals surface area (Å²) in [6.45, 7) is 0.411.